The highest BCUT2D eigenvalue weighted by molar-refractivity contribution is 5.71. The third-order valence-electron chi connectivity index (χ3n) is 13.8. The lowest BCUT2D eigenvalue weighted by molar-refractivity contribution is -0.167. The van der Waals surface area contributed by atoms with Crippen molar-refractivity contribution in [2.24, 2.45) is 11.8 Å². The summed E-state index contributed by atoms with van der Waals surface area (Å²) < 4.78 is 16.9. The summed E-state index contributed by atoms with van der Waals surface area (Å²) in [6, 6.07) is 0. The molecule has 0 saturated carbocycles. The molecule has 386 valence electrons. The lowest BCUT2D eigenvalue weighted by Gasteiger charge is -2.18. The minimum atomic E-state index is -0.762. The van der Waals surface area contributed by atoms with Gasteiger partial charge >= 0.3 is 17.9 Å². The van der Waals surface area contributed by atoms with E-state index in [-0.39, 0.29) is 31.1 Å². The van der Waals surface area contributed by atoms with E-state index in [2.05, 4.69) is 34.6 Å². The van der Waals surface area contributed by atoms with E-state index in [1.807, 2.05) is 0 Å². The van der Waals surface area contributed by atoms with Crippen LogP contribution in [0.25, 0.3) is 0 Å². The summed E-state index contributed by atoms with van der Waals surface area (Å²) >= 11 is 0. The van der Waals surface area contributed by atoms with Crippen LogP contribution in [0.1, 0.15) is 330 Å². The smallest absolute Gasteiger partial charge is 0.306 e. The molecule has 0 aliphatic rings. The van der Waals surface area contributed by atoms with Crippen LogP contribution in [0, 0.1) is 11.8 Å². The van der Waals surface area contributed by atoms with Crippen LogP contribution in [0.4, 0.5) is 0 Å². The minimum absolute atomic E-state index is 0.0626. The molecule has 0 fully saturated rings. The third-order valence-corrected chi connectivity index (χ3v) is 13.8. The fourth-order valence-corrected chi connectivity index (χ4v) is 9.02. The molecular formula is C59H114O6. The zero-order chi connectivity index (χ0) is 47.5. The second-order valence-electron chi connectivity index (χ2n) is 21.0. The van der Waals surface area contributed by atoms with Crippen LogP contribution >= 0.6 is 0 Å². The molecule has 0 rings (SSSR count). The molecule has 0 aromatic carbocycles. The molecule has 65 heavy (non-hydrogen) atoms. The second kappa shape index (κ2) is 51.8. The molecule has 0 aromatic rings. The molecule has 0 radical (unpaired) electrons. The van der Waals surface area contributed by atoms with Gasteiger partial charge in [-0.2, -0.15) is 0 Å². The number of hydrogen-bond donors (Lipinski definition) is 0. The highest BCUT2D eigenvalue weighted by atomic mass is 16.6. The largest absolute Gasteiger partial charge is 0.462 e. The predicted octanol–water partition coefficient (Wildman–Crippen LogP) is 19.3. The maximum Gasteiger partial charge on any atom is 0.306 e. The van der Waals surface area contributed by atoms with Gasteiger partial charge in [0.15, 0.2) is 6.10 Å². The van der Waals surface area contributed by atoms with Crippen molar-refractivity contribution in [3.8, 4) is 0 Å². The van der Waals surface area contributed by atoms with Crippen LogP contribution in [0.5, 0.6) is 0 Å². The first-order valence-corrected chi connectivity index (χ1v) is 29.3. The van der Waals surface area contributed by atoms with E-state index < -0.39 is 6.10 Å². The van der Waals surface area contributed by atoms with Crippen LogP contribution in [-0.2, 0) is 28.6 Å². The van der Waals surface area contributed by atoms with Gasteiger partial charge in [-0.1, -0.05) is 291 Å². The zero-order valence-corrected chi connectivity index (χ0v) is 44.6. The van der Waals surface area contributed by atoms with Crippen molar-refractivity contribution in [1.29, 1.82) is 0 Å². The lowest BCUT2D eigenvalue weighted by atomic mass is 9.99. The number of hydrogen-bond acceptors (Lipinski definition) is 6. The average molecular weight is 920 g/mol. The third kappa shape index (κ3) is 51.6. The fourth-order valence-electron chi connectivity index (χ4n) is 9.02. The Kier molecular flexibility index (Phi) is 50.5. The Labute approximate surface area is 406 Å². The highest BCUT2D eigenvalue weighted by Crippen LogP contribution is 2.19. The molecule has 0 aliphatic heterocycles. The topological polar surface area (TPSA) is 78.9 Å². The van der Waals surface area contributed by atoms with Gasteiger partial charge in [-0.05, 0) is 31.1 Å². The summed E-state index contributed by atoms with van der Waals surface area (Å²) in [6.45, 7) is 11.5. The number of unbranched alkanes of at least 4 members (excludes halogenated alkanes) is 37. The monoisotopic (exact) mass is 919 g/mol. The fraction of sp³-hybridized carbons (Fsp3) is 0.949. The molecule has 0 aliphatic carbocycles. The van der Waals surface area contributed by atoms with Crippen LogP contribution < -0.4 is 0 Å². The first-order chi connectivity index (χ1) is 31.8. The van der Waals surface area contributed by atoms with Crippen molar-refractivity contribution < 1.29 is 28.6 Å². The van der Waals surface area contributed by atoms with Gasteiger partial charge in [-0.3, -0.25) is 14.4 Å². The summed E-state index contributed by atoms with van der Waals surface area (Å²) in [7, 11) is 0. The molecule has 0 spiro atoms. The molecule has 0 amide bonds. The van der Waals surface area contributed by atoms with E-state index in [4.69, 9.17) is 14.2 Å². The van der Waals surface area contributed by atoms with Gasteiger partial charge in [-0.25, -0.2) is 0 Å². The van der Waals surface area contributed by atoms with Gasteiger partial charge in [-0.15, -0.1) is 0 Å². The Morgan fingerprint density at radius 3 is 0.877 bits per heavy atom. The van der Waals surface area contributed by atoms with Crippen molar-refractivity contribution in [3.63, 3.8) is 0 Å². The molecule has 0 N–H and O–H groups in total. The van der Waals surface area contributed by atoms with Crippen LogP contribution in [0.15, 0.2) is 0 Å². The Hall–Kier alpha value is -1.59. The van der Waals surface area contributed by atoms with E-state index in [0.717, 1.165) is 69.6 Å². The number of carbonyl (C=O) groups excluding carboxylic acids is 3. The second-order valence-corrected chi connectivity index (χ2v) is 21.0. The molecule has 1 unspecified atom stereocenters. The highest BCUT2D eigenvalue weighted by Gasteiger charge is 2.19. The van der Waals surface area contributed by atoms with E-state index in [9.17, 15) is 14.4 Å². The summed E-state index contributed by atoms with van der Waals surface area (Å²) in [5.41, 5.74) is 0. The van der Waals surface area contributed by atoms with Crippen molar-refractivity contribution in [1.82, 2.24) is 0 Å². The molecule has 0 bridgehead atoms. The van der Waals surface area contributed by atoms with E-state index in [1.54, 1.807) is 0 Å². The van der Waals surface area contributed by atoms with Crippen molar-refractivity contribution in [2.75, 3.05) is 13.2 Å². The van der Waals surface area contributed by atoms with Crippen molar-refractivity contribution in [3.05, 3.63) is 0 Å². The summed E-state index contributed by atoms with van der Waals surface area (Å²) in [6.07, 6.45) is 55.2. The first-order valence-electron chi connectivity index (χ1n) is 29.3. The van der Waals surface area contributed by atoms with E-state index >= 15 is 0 Å². The zero-order valence-electron chi connectivity index (χ0n) is 44.6. The van der Waals surface area contributed by atoms with Gasteiger partial charge in [0, 0.05) is 19.3 Å². The number of carbonyl (C=O) groups is 3. The molecule has 0 saturated heterocycles. The minimum Gasteiger partial charge on any atom is -0.462 e. The normalized spacial score (nSPS) is 12.5. The van der Waals surface area contributed by atoms with Crippen molar-refractivity contribution >= 4 is 17.9 Å². The van der Waals surface area contributed by atoms with Gasteiger partial charge < -0.3 is 14.2 Å². The molecule has 0 heterocycles. The van der Waals surface area contributed by atoms with E-state index in [1.165, 1.54) is 218 Å². The van der Waals surface area contributed by atoms with Gasteiger partial charge in [0.1, 0.15) is 13.2 Å². The maximum atomic E-state index is 12.8. The average Bonchev–Trinajstić information content (AvgIpc) is 3.29. The Morgan fingerprint density at radius 1 is 0.323 bits per heavy atom. The predicted molar refractivity (Wildman–Crippen MR) is 280 cm³/mol. The Bertz CT molecular complexity index is 995. The summed E-state index contributed by atoms with van der Waals surface area (Å²) in [5.74, 6) is 0.908. The Morgan fingerprint density at radius 2 is 0.585 bits per heavy atom. The lowest BCUT2D eigenvalue weighted by Crippen LogP contribution is -2.30. The first kappa shape index (κ1) is 63.4. The molecule has 2 atom stereocenters. The van der Waals surface area contributed by atoms with Gasteiger partial charge in [0.2, 0.25) is 0 Å². The van der Waals surface area contributed by atoms with Crippen LogP contribution in [0.2, 0.25) is 0 Å². The Balaban J connectivity index is 4.23. The summed E-state index contributed by atoms with van der Waals surface area (Å²) in [5, 5.41) is 0. The molecule has 6 nitrogen and oxygen atoms in total. The molecular weight excluding hydrogens is 805 g/mol. The van der Waals surface area contributed by atoms with Crippen LogP contribution in [-0.4, -0.2) is 37.2 Å². The van der Waals surface area contributed by atoms with E-state index in [0.29, 0.717) is 19.3 Å². The number of rotatable bonds is 53. The number of esters is 3. The standard InChI is InChI=1S/C59H114O6/c1-6-8-9-10-11-12-29-34-39-44-49-57(60)63-52-56(53-64-58(61)50-45-40-35-30-25-21-18-17-20-24-28-33-38-43-48-55(5)7-2)65-59(62)51-46-41-36-31-26-22-16-14-13-15-19-23-27-32-37-42-47-54(3)4/h54-56H,6-53H2,1-5H3/t55?,56-/m1/s1. The van der Waals surface area contributed by atoms with Gasteiger partial charge in [0.25, 0.3) is 0 Å². The summed E-state index contributed by atoms with van der Waals surface area (Å²) in [4.78, 5) is 38.1. The van der Waals surface area contributed by atoms with Crippen molar-refractivity contribution in [2.45, 2.75) is 336 Å². The molecule has 0 aromatic heterocycles. The quantitative estimate of drug-likeness (QED) is 0.0344. The SMILES string of the molecule is CCCCCCCCCCCCC(=O)OC[C@H](COC(=O)CCCCCCCCCCCCCCCCC(C)CC)OC(=O)CCCCCCCCCCCCCCCCCCC(C)C. The number of ether oxygens (including phenoxy) is 3. The van der Waals surface area contributed by atoms with Crippen LogP contribution in [0.3, 0.4) is 0 Å². The maximum absolute atomic E-state index is 12.8. The van der Waals surface area contributed by atoms with Gasteiger partial charge in [0.05, 0.1) is 0 Å². The molecule has 6 heteroatoms.